The molecule has 2 aromatic heterocycles. The molecular weight excluding hydrogens is 468 g/mol. The average Bonchev–Trinajstić information content (AvgIpc) is 3.35. The largest absolute Gasteiger partial charge is 0.508 e. The van der Waals surface area contributed by atoms with Crippen molar-refractivity contribution in [2.24, 2.45) is 0 Å². The first-order chi connectivity index (χ1) is 17.3. The third-order valence-electron chi connectivity index (χ3n) is 6.48. The van der Waals surface area contributed by atoms with Gasteiger partial charge in [-0.05, 0) is 112 Å². The number of aromatic nitrogens is 2. The first-order valence-electron chi connectivity index (χ1n) is 12.1. The molecule has 0 saturated carbocycles. The zero-order valence-electron chi connectivity index (χ0n) is 20.8. The summed E-state index contributed by atoms with van der Waals surface area (Å²) in [5.74, 6) is 1.08. The molecular formula is C29H30N4O2S. The van der Waals surface area contributed by atoms with Crippen molar-refractivity contribution in [2.75, 3.05) is 4.90 Å². The Balaban J connectivity index is 1.62. The fourth-order valence-corrected chi connectivity index (χ4v) is 5.34. The minimum absolute atomic E-state index is 0.108. The van der Waals surface area contributed by atoms with Gasteiger partial charge in [0.1, 0.15) is 11.5 Å². The molecule has 2 aromatic carbocycles. The minimum Gasteiger partial charge on any atom is -0.508 e. The van der Waals surface area contributed by atoms with Gasteiger partial charge in [-0.15, -0.1) is 0 Å². The number of hydrogen-bond donors (Lipinski definition) is 2. The molecule has 0 spiro atoms. The quantitative estimate of drug-likeness (QED) is 0.311. The molecule has 184 valence electrons. The molecule has 36 heavy (non-hydrogen) atoms. The molecule has 0 bridgehead atoms. The van der Waals surface area contributed by atoms with Gasteiger partial charge in [0, 0.05) is 29.0 Å². The van der Waals surface area contributed by atoms with Crippen LogP contribution in [0.1, 0.15) is 48.6 Å². The summed E-state index contributed by atoms with van der Waals surface area (Å²) < 4.78 is 8.07. The number of aromatic hydroxyl groups is 1. The number of benzene rings is 2. The maximum Gasteiger partial charge on any atom is 0.174 e. The van der Waals surface area contributed by atoms with E-state index in [9.17, 15) is 5.11 Å². The Hall–Kier alpha value is -3.84. The molecule has 4 aromatic rings. The molecule has 0 amide bonds. The third-order valence-corrected chi connectivity index (χ3v) is 6.80. The second-order valence-corrected chi connectivity index (χ2v) is 9.72. The highest BCUT2D eigenvalue weighted by Crippen LogP contribution is 2.44. The molecule has 7 heteroatoms. The Labute approximate surface area is 217 Å². The number of phenols is 1. The lowest BCUT2D eigenvalue weighted by molar-refractivity contribution is 0.242. The molecule has 1 aliphatic rings. The Morgan fingerprint density at radius 3 is 2.31 bits per heavy atom. The van der Waals surface area contributed by atoms with E-state index in [-0.39, 0.29) is 23.9 Å². The molecule has 0 aliphatic carbocycles. The smallest absolute Gasteiger partial charge is 0.174 e. The van der Waals surface area contributed by atoms with Gasteiger partial charge >= 0.3 is 0 Å². The third kappa shape index (κ3) is 4.42. The van der Waals surface area contributed by atoms with E-state index in [1.54, 1.807) is 12.1 Å². The highest BCUT2D eigenvalue weighted by atomic mass is 32.1. The van der Waals surface area contributed by atoms with Gasteiger partial charge in [0.05, 0.1) is 23.9 Å². The maximum absolute atomic E-state index is 9.78. The van der Waals surface area contributed by atoms with Crippen LogP contribution < -0.4 is 15.0 Å². The molecule has 0 unspecified atom stereocenters. The van der Waals surface area contributed by atoms with Gasteiger partial charge in [-0.25, -0.2) is 0 Å². The monoisotopic (exact) mass is 498 g/mol. The Kier molecular flexibility index (Phi) is 6.41. The number of hydrogen-bond acceptors (Lipinski definition) is 4. The lowest BCUT2D eigenvalue weighted by Gasteiger charge is -2.28. The summed E-state index contributed by atoms with van der Waals surface area (Å²) in [5, 5.41) is 14.0. The number of nitrogens with zero attached hydrogens (tertiary/aromatic N) is 3. The van der Waals surface area contributed by atoms with Crippen LogP contribution in [0, 0.1) is 13.8 Å². The fraction of sp³-hybridized carbons (Fsp3) is 0.241. The lowest BCUT2D eigenvalue weighted by atomic mass is 9.96. The van der Waals surface area contributed by atoms with E-state index in [4.69, 9.17) is 17.0 Å². The first-order valence-corrected chi connectivity index (χ1v) is 12.5. The van der Waals surface area contributed by atoms with Crippen molar-refractivity contribution in [3.63, 3.8) is 0 Å². The highest BCUT2D eigenvalue weighted by molar-refractivity contribution is 7.80. The van der Waals surface area contributed by atoms with Gasteiger partial charge in [0.2, 0.25) is 0 Å². The summed E-state index contributed by atoms with van der Waals surface area (Å²) in [6.45, 7) is 8.27. The van der Waals surface area contributed by atoms with Crippen LogP contribution >= 0.6 is 12.2 Å². The summed E-state index contributed by atoms with van der Waals surface area (Å²) in [6.07, 6.45) is 1.93. The van der Waals surface area contributed by atoms with E-state index >= 15 is 0 Å². The first kappa shape index (κ1) is 23.9. The number of thiocarbonyl (C=S) groups is 1. The van der Waals surface area contributed by atoms with E-state index in [2.05, 4.69) is 51.8 Å². The van der Waals surface area contributed by atoms with E-state index in [0.29, 0.717) is 5.11 Å². The Morgan fingerprint density at radius 1 is 0.972 bits per heavy atom. The van der Waals surface area contributed by atoms with Gasteiger partial charge < -0.3 is 24.6 Å². The zero-order valence-corrected chi connectivity index (χ0v) is 21.7. The number of phenolic OH excluding ortho intramolecular Hbond substituents is 1. The summed E-state index contributed by atoms with van der Waals surface area (Å²) in [5.41, 5.74) is 6.29. The predicted octanol–water partition coefficient (Wildman–Crippen LogP) is 6.16. The van der Waals surface area contributed by atoms with Gasteiger partial charge in [-0.2, -0.15) is 0 Å². The zero-order chi connectivity index (χ0) is 25.4. The maximum atomic E-state index is 9.78. The Morgan fingerprint density at radius 2 is 1.67 bits per heavy atom. The van der Waals surface area contributed by atoms with Crippen LogP contribution in [-0.4, -0.2) is 25.9 Å². The normalized spacial score (nSPS) is 17.5. The second-order valence-electron chi connectivity index (χ2n) is 9.34. The number of anilines is 1. The van der Waals surface area contributed by atoms with Gasteiger partial charge in [-0.3, -0.25) is 4.98 Å². The number of aryl methyl sites for hydroxylation is 1. The SMILES string of the molecule is Cc1cc([C@@H]2[C@H](c3ccccn3)NC(=S)N2c2ccc(OC(C)C)cc2)c(C)n1-c1ccc(O)cc1. The molecule has 1 aliphatic heterocycles. The van der Waals surface area contributed by atoms with Gasteiger partial charge in [-0.1, -0.05) is 6.07 Å². The summed E-state index contributed by atoms with van der Waals surface area (Å²) in [7, 11) is 0. The molecule has 6 nitrogen and oxygen atoms in total. The van der Waals surface area contributed by atoms with Gasteiger partial charge in [0.15, 0.2) is 5.11 Å². The van der Waals surface area contributed by atoms with Crippen LogP contribution in [0.25, 0.3) is 5.69 Å². The van der Waals surface area contributed by atoms with Crippen molar-refractivity contribution in [3.05, 3.63) is 102 Å². The van der Waals surface area contributed by atoms with E-state index in [0.717, 1.165) is 39.8 Å². The number of rotatable bonds is 6. The van der Waals surface area contributed by atoms with E-state index in [1.165, 1.54) is 0 Å². The minimum atomic E-state index is -0.126. The standard InChI is InChI=1S/C29H30N4O2S/c1-18(2)35-24-14-10-22(11-15-24)33-28(27(31-29(33)36)26-7-5-6-16-30-26)25-17-19(3)32(20(25)4)21-8-12-23(34)13-9-21/h5-18,27-28,34H,1-4H3,(H,31,36)/t27-,28+/m0/s1. The molecule has 5 rings (SSSR count). The van der Waals surface area contributed by atoms with Crippen LogP contribution in [0.3, 0.4) is 0 Å². The molecule has 2 N–H and O–H groups in total. The van der Waals surface area contributed by atoms with Crippen molar-refractivity contribution in [1.82, 2.24) is 14.9 Å². The van der Waals surface area contributed by atoms with Crippen molar-refractivity contribution in [2.45, 2.75) is 45.9 Å². The number of nitrogens with one attached hydrogen (secondary N) is 1. The van der Waals surface area contributed by atoms with Crippen molar-refractivity contribution in [3.8, 4) is 17.2 Å². The van der Waals surface area contributed by atoms with Crippen LogP contribution in [0.15, 0.2) is 79.0 Å². The molecule has 1 fully saturated rings. The number of pyridine rings is 1. The second kappa shape index (κ2) is 9.66. The van der Waals surface area contributed by atoms with E-state index in [1.807, 2.05) is 62.5 Å². The van der Waals surface area contributed by atoms with Crippen LogP contribution in [0.4, 0.5) is 5.69 Å². The molecule has 1 saturated heterocycles. The average molecular weight is 499 g/mol. The fourth-order valence-electron chi connectivity index (χ4n) is 4.99. The van der Waals surface area contributed by atoms with Crippen LogP contribution in [-0.2, 0) is 0 Å². The van der Waals surface area contributed by atoms with E-state index < -0.39 is 0 Å². The summed E-state index contributed by atoms with van der Waals surface area (Å²) in [6, 6.07) is 23.3. The molecule has 3 heterocycles. The van der Waals surface area contributed by atoms with Crippen molar-refractivity contribution in [1.29, 1.82) is 0 Å². The van der Waals surface area contributed by atoms with Crippen LogP contribution in [0.2, 0.25) is 0 Å². The van der Waals surface area contributed by atoms with Crippen LogP contribution in [0.5, 0.6) is 11.5 Å². The van der Waals surface area contributed by atoms with Crippen molar-refractivity contribution < 1.29 is 9.84 Å². The summed E-state index contributed by atoms with van der Waals surface area (Å²) in [4.78, 5) is 6.85. The van der Waals surface area contributed by atoms with Crippen molar-refractivity contribution >= 4 is 23.0 Å². The highest BCUT2D eigenvalue weighted by Gasteiger charge is 2.42. The van der Waals surface area contributed by atoms with Gasteiger partial charge in [0.25, 0.3) is 0 Å². The Bertz CT molecular complexity index is 1370. The lowest BCUT2D eigenvalue weighted by Crippen LogP contribution is -2.29. The number of ether oxygens (including phenoxy) is 1. The molecule has 0 radical (unpaired) electrons. The topological polar surface area (TPSA) is 62.5 Å². The predicted molar refractivity (Wildman–Crippen MR) is 147 cm³/mol. The summed E-state index contributed by atoms with van der Waals surface area (Å²) >= 11 is 5.89. The molecule has 2 atom stereocenters.